The summed E-state index contributed by atoms with van der Waals surface area (Å²) in [7, 11) is 1.32. The maximum Gasteiger partial charge on any atom is 0.337 e. The van der Waals surface area contributed by atoms with Crippen molar-refractivity contribution in [2.24, 2.45) is 0 Å². The third-order valence-electron chi connectivity index (χ3n) is 2.41. The lowest BCUT2D eigenvalue weighted by atomic mass is 10.2. The highest BCUT2D eigenvalue weighted by Gasteiger charge is 2.07. The highest BCUT2D eigenvalue weighted by molar-refractivity contribution is 5.89. The van der Waals surface area contributed by atoms with Crippen LogP contribution in [-0.4, -0.2) is 18.1 Å². The van der Waals surface area contributed by atoms with E-state index < -0.39 is 5.97 Å². The molecular formula is C14H10N2O3. The molecule has 0 atom stereocenters. The highest BCUT2D eigenvalue weighted by atomic mass is 16.5. The second-order valence-corrected chi connectivity index (χ2v) is 3.60. The molecule has 94 valence electrons. The average Bonchev–Trinajstić information content (AvgIpc) is 2.48. The van der Waals surface area contributed by atoms with Crippen LogP contribution in [-0.2, 0) is 4.74 Å². The number of benzene rings is 1. The maximum absolute atomic E-state index is 11.3. The van der Waals surface area contributed by atoms with Crippen molar-refractivity contribution in [2.45, 2.75) is 0 Å². The van der Waals surface area contributed by atoms with Crippen LogP contribution in [0.25, 0.3) is 0 Å². The molecule has 5 nitrogen and oxygen atoms in total. The first-order valence-corrected chi connectivity index (χ1v) is 5.45. The van der Waals surface area contributed by atoms with Crippen molar-refractivity contribution in [2.75, 3.05) is 7.11 Å². The third-order valence-corrected chi connectivity index (χ3v) is 2.41. The number of carbonyl (C=O) groups excluding carboxylic acids is 1. The van der Waals surface area contributed by atoms with E-state index in [-0.39, 0.29) is 0 Å². The minimum atomic E-state index is -0.411. The van der Waals surface area contributed by atoms with E-state index >= 15 is 0 Å². The van der Waals surface area contributed by atoms with Gasteiger partial charge in [0.05, 0.1) is 24.4 Å². The molecule has 0 radical (unpaired) electrons. The van der Waals surface area contributed by atoms with Gasteiger partial charge in [0.1, 0.15) is 11.8 Å². The number of aromatic nitrogens is 1. The van der Waals surface area contributed by atoms with Crippen LogP contribution in [0.5, 0.6) is 11.5 Å². The number of ether oxygens (including phenoxy) is 2. The Hall–Kier alpha value is -2.87. The summed E-state index contributed by atoms with van der Waals surface area (Å²) >= 11 is 0. The molecule has 1 heterocycles. The minimum Gasteiger partial charge on any atom is -0.465 e. The molecule has 19 heavy (non-hydrogen) atoms. The van der Waals surface area contributed by atoms with Crippen molar-refractivity contribution in [1.82, 2.24) is 4.98 Å². The topological polar surface area (TPSA) is 72.2 Å². The SMILES string of the molecule is COC(=O)c1ccc(Oc2cnccc2C#N)cc1. The van der Waals surface area contributed by atoms with Crippen LogP contribution in [0.3, 0.4) is 0 Å². The van der Waals surface area contributed by atoms with Crippen molar-refractivity contribution >= 4 is 5.97 Å². The van der Waals surface area contributed by atoms with Crippen LogP contribution in [0, 0.1) is 11.3 Å². The van der Waals surface area contributed by atoms with Gasteiger partial charge in [0.15, 0.2) is 5.75 Å². The first kappa shape index (κ1) is 12.6. The summed E-state index contributed by atoms with van der Waals surface area (Å²) in [4.78, 5) is 15.2. The lowest BCUT2D eigenvalue weighted by Crippen LogP contribution is -2.00. The van der Waals surface area contributed by atoms with Gasteiger partial charge in [-0.2, -0.15) is 5.26 Å². The van der Waals surface area contributed by atoms with Crippen molar-refractivity contribution < 1.29 is 14.3 Å². The summed E-state index contributed by atoms with van der Waals surface area (Å²) in [5.74, 6) is 0.471. The molecule has 0 fully saturated rings. The largest absolute Gasteiger partial charge is 0.465 e. The molecule has 2 rings (SSSR count). The highest BCUT2D eigenvalue weighted by Crippen LogP contribution is 2.24. The summed E-state index contributed by atoms with van der Waals surface area (Å²) in [6.07, 6.45) is 2.98. The van der Waals surface area contributed by atoms with Crippen LogP contribution in [0.4, 0.5) is 0 Å². The van der Waals surface area contributed by atoms with Gasteiger partial charge in [0.2, 0.25) is 0 Å². The van der Waals surface area contributed by atoms with Crippen molar-refractivity contribution in [3.8, 4) is 17.6 Å². The van der Waals surface area contributed by atoms with Crippen molar-refractivity contribution in [3.63, 3.8) is 0 Å². The number of pyridine rings is 1. The van der Waals surface area contributed by atoms with Crippen LogP contribution < -0.4 is 4.74 Å². The van der Waals surface area contributed by atoms with Gasteiger partial charge in [0.25, 0.3) is 0 Å². The number of nitriles is 1. The zero-order valence-electron chi connectivity index (χ0n) is 10.2. The predicted octanol–water partition coefficient (Wildman–Crippen LogP) is 2.53. The standard InChI is InChI=1S/C14H10N2O3/c1-18-14(17)10-2-4-12(5-3-10)19-13-9-16-7-6-11(13)8-15/h2-7,9H,1H3. The van der Waals surface area contributed by atoms with E-state index in [0.717, 1.165) is 0 Å². The quantitative estimate of drug-likeness (QED) is 0.787. The van der Waals surface area contributed by atoms with Gasteiger partial charge in [-0.15, -0.1) is 0 Å². The third kappa shape index (κ3) is 2.87. The monoisotopic (exact) mass is 254 g/mol. The first-order chi connectivity index (χ1) is 9.24. The second kappa shape index (κ2) is 5.65. The fraction of sp³-hybridized carbons (Fsp3) is 0.0714. The Morgan fingerprint density at radius 1 is 1.26 bits per heavy atom. The van der Waals surface area contributed by atoms with Gasteiger partial charge in [-0.05, 0) is 30.3 Å². The lowest BCUT2D eigenvalue weighted by molar-refractivity contribution is 0.0600. The molecular weight excluding hydrogens is 244 g/mol. The summed E-state index contributed by atoms with van der Waals surface area (Å²) in [5.41, 5.74) is 0.827. The molecule has 0 aliphatic rings. The molecule has 0 aliphatic carbocycles. The Balaban J connectivity index is 2.20. The molecule has 0 spiro atoms. The Morgan fingerprint density at radius 3 is 2.63 bits per heavy atom. The zero-order chi connectivity index (χ0) is 13.7. The van der Waals surface area contributed by atoms with E-state index in [2.05, 4.69) is 9.72 Å². The van der Waals surface area contributed by atoms with Gasteiger partial charge < -0.3 is 9.47 Å². The van der Waals surface area contributed by atoms with Crippen LogP contribution in [0.2, 0.25) is 0 Å². The van der Waals surface area contributed by atoms with E-state index in [1.165, 1.54) is 19.5 Å². The normalized spacial score (nSPS) is 9.47. The number of methoxy groups -OCH3 is 1. The van der Waals surface area contributed by atoms with Crippen LogP contribution >= 0.6 is 0 Å². The minimum absolute atomic E-state index is 0.371. The van der Waals surface area contributed by atoms with Crippen molar-refractivity contribution in [3.05, 3.63) is 53.9 Å². The fourth-order valence-electron chi connectivity index (χ4n) is 1.46. The van der Waals surface area contributed by atoms with Gasteiger partial charge >= 0.3 is 5.97 Å². The molecule has 0 unspecified atom stereocenters. The molecule has 1 aromatic carbocycles. The van der Waals surface area contributed by atoms with Gasteiger partial charge in [0, 0.05) is 6.20 Å². The summed E-state index contributed by atoms with van der Waals surface area (Å²) < 4.78 is 10.1. The Kier molecular flexibility index (Phi) is 3.74. The van der Waals surface area contributed by atoms with Crippen LogP contribution in [0.15, 0.2) is 42.7 Å². The van der Waals surface area contributed by atoms with E-state index in [0.29, 0.717) is 22.6 Å². The van der Waals surface area contributed by atoms with E-state index in [1.807, 2.05) is 6.07 Å². The zero-order valence-corrected chi connectivity index (χ0v) is 10.2. The van der Waals surface area contributed by atoms with Gasteiger partial charge in [-0.25, -0.2) is 4.79 Å². The number of hydrogen-bond acceptors (Lipinski definition) is 5. The van der Waals surface area contributed by atoms with E-state index in [1.54, 1.807) is 30.3 Å². The number of hydrogen-bond donors (Lipinski definition) is 0. The lowest BCUT2D eigenvalue weighted by Gasteiger charge is -2.07. The molecule has 0 aliphatic heterocycles. The summed E-state index contributed by atoms with van der Waals surface area (Å²) in [6, 6.07) is 10.0. The smallest absolute Gasteiger partial charge is 0.337 e. The fourth-order valence-corrected chi connectivity index (χ4v) is 1.46. The Morgan fingerprint density at radius 2 is 2.00 bits per heavy atom. The summed E-state index contributed by atoms with van der Waals surface area (Å²) in [6.45, 7) is 0. The maximum atomic E-state index is 11.3. The van der Waals surface area contributed by atoms with Crippen molar-refractivity contribution in [1.29, 1.82) is 5.26 Å². The number of nitrogens with zero attached hydrogens (tertiary/aromatic N) is 2. The molecule has 0 amide bonds. The van der Waals surface area contributed by atoms with Gasteiger partial charge in [-0.1, -0.05) is 0 Å². The van der Waals surface area contributed by atoms with Gasteiger partial charge in [-0.3, -0.25) is 4.98 Å². The molecule has 0 saturated heterocycles. The molecule has 2 aromatic rings. The molecule has 0 N–H and O–H groups in total. The Labute approximate surface area is 110 Å². The second-order valence-electron chi connectivity index (χ2n) is 3.60. The molecule has 1 aromatic heterocycles. The molecule has 0 saturated carbocycles. The van der Waals surface area contributed by atoms with Crippen LogP contribution in [0.1, 0.15) is 15.9 Å². The average molecular weight is 254 g/mol. The Bertz CT molecular complexity index is 630. The van der Waals surface area contributed by atoms with E-state index in [9.17, 15) is 4.79 Å². The van der Waals surface area contributed by atoms with E-state index in [4.69, 9.17) is 10.00 Å². The number of esters is 1. The molecule has 0 bridgehead atoms. The first-order valence-electron chi connectivity index (χ1n) is 5.45. The molecule has 5 heteroatoms. The summed E-state index contributed by atoms with van der Waals surface area (Å²) in [5, 5.41) is 8.93. The number of rotatable bonds is 3. The number of carbonyl (C=O) groups is 1. The predicted molar refractivity (Wildman–Crippen MR) is 66.8 cm³/mol.